The molecule has 0 aromatic rings. The van der Waals surface area contributed by atoms with Crippen molar-refractivity contribution in [3.8, 4) is 0 Å². The van der Waals surface area contributed by atoms with E-state index >= 15 is 0 Å². The van der Waals surface area contributed by atoms with Crippen molar-refractivity contribution in [1.29, 1.82) is 0 Å². The molecule has 0 saturated heterocycles. The summed E-state index contributed by atoms with van der Waals surface area (Å²) >= 11 is 4.72. The second kappa shape index (κ2) is 4.46. The normalized spacial score (nSPS) is 13.6. The molecular formula is C5H9NO2SSn. The average Bonchev–Trinajstić information content (AvgIpc) is 1.62. The molecule has 1 atom stereocenters. The molecule has 10 heavy (non-hydrogen) atoms. The molecule has 0 amide bonds. The van der Waals surface area contributed by atoms with Crippen molar-refractivity contribution in [3.63, 3.8) is 0 Å². The van der Waals surface area contributed by atoms with E-state index in [0.717, 1.165) is 0 Å². The topological polar surface area (TPSA) is 61.1 Å². The van der Waals surface area contributed by atoms with Gasteiger partial charge in [0.15, 0.2) is 0 Å². The number of rotatable bonds is 2. The minimum atomic E-state index is -1.20. The minimum Gasteiger partial charge on any atom is -0.787 e. The molecule has 0 aliphatic rings. The number of hydrogen-bond donors (Lipinski definition) is 1. The molecule has 0 heterocycles. The molecule has 0 aliphatic heterocycles. The second-order valence-corrected chi connectivity index (χ2v) is 3.43. The standard InChI is InChI=1S/C5H10NO2S.Sn/c1-5(2,9)3(6)4(7)8;/h3,6,9H,1-2H3,(H,7,8);/q-1;+2/p-1. The van der Waals surface area contributed by atoms with Crippen LogP contribution in [0.5, 0.6) is 0 Å². The summed E-state index contributed by atoms with van der Waals surface area (Å²) in [7, 11) is 0. The van der Waals surface area contributed by atoms with Crippen LogP contribution in [-0.2, 0) is 17.4 Å². The summed E-state index contributed by atoms with van der Waals surface area (Å²) in [4.78, 5) is 10.1. The third kappa shape index (κ3) is 4.40. The number of hydrogen-bond acceptors (Lipinski definition) is 2. The van der Waals surface area contributed by atoms with Crippen molar-refractivity contribution < 1.29 is 9.90 Å². The van der Waals surface area contributed by atoms with Gasteiger partial charge in [-0.2, -0.15) is 4.75 Å². The van der Waals surface area contributed by atoms with Crippen LogP contribution in [0.2, 0.25) is 0 Å². The van der Waals surface area contributed by atoms with Crippen molar-refractivity contribution in [2.75, 3.05) is 0 Å². The Balaban J connectivity index is 0. The van der Waals surface area contributed by atoms with Crippen LogP contribution in [0, 0.1) is 0 Å². The van der Waals surface area contributed by atoms with Gasteiger partial charge in [-0.15, -0.1) is 0 Å². The van der Waals surface area contributed by atoms with Crippen LogP contribution in [0.1, 0.15) is 13.8 Å². The fourth-order valence-electron chi connectivity index (χ4n) is 0.297. The maximum Gasteiger partial charge on any atom is 2.00 e. The van der Waals surface area contributed by atoms with E-state index < -0.39 is 16.8 Å². The molecule has 56 valence electrons. The van der Waals surface area contributed by atoms with Crippen molar-refractivity contribution >= 4 is 42.5 Å². The third-order valence-corrected chi connectivity index (χ3v) is 1.18. The SMILES string of the molecule is CC(C)([S-])C([NH-])C(=O)O.[Sn+2]. The Morgan fingerprint density at radius 2 is 2.00 bits per heavy atom. The van der Waals surface area contributed by atoms with Gasteiger partial charge in [0.05, 0.1) is 0 Å². The predicted octanol–water partition coefficient (Wildman–Crippen LogP) is 0.436. The zero-order valence-corrected chi connectivity index (χ0v) is 9.51. The fraction of sp³-hybridized carbons (Fsp3) is 0.800. The van der Waals surface area contributed by atoms with Gasteiger partial charge >= 0.3 is 23.9 Å². The van der Waals surface area contributed by atoms with Crippen LogP contribution < -0.4 is 0 Å². The Morgan fingerprint density at radius 3 is 2.00 bits per heavy atom. The number of nitrogens with one attached hydrogen (secondary N) is 1. The summed E-state index contributed by atoms with van der Waals surface area (Å²) in [6.45, 7) is 3.10. The van der Waals surface area contributed by atoms with E-state index in [0.29, 0.717) is 0 Å². The van der Waals surface area contributed by atoms with E-state index in [2.05, 4.69) is 0 Å². The van der Waals surface area contributed by atoms with Crippen molar-refractivity contribution in [2.24, 2.45) is 0 Å². The third-order valence-electron chi connectivity index (χ3n) is 0.942. The van der Waals surface area contributed by atoms with Gasteiger partial charge in [0.25, 0.3) is 5.97 Å². The van der Waals surface area contributed by atoms with Gasteiger partial charge in [-0.1, -0.05) is 19.9 Å². The second-order valence-electron chi connectivity index (χ2n) is 2.37. The monoisotopic (exact) mass is 267 g/mol. The maximum atomic E-state index is 10.1. The Kier molecular flexibility index (Phi) is 5.88. The van der Waals surface area contributed by atoms with Gasteiger partial charge in [0.2, 0.25) is 0 Å². The molecule has 0 aromatic heterocycles. The Labute approximate surface area is 82.7 Å². The van der Waals surface area contributed by atoms with Crippen molar-refractivity contribution in [2.45, 2.75) is 24.6 Å². The molecule has 2 radical (unpaired) electrons. The van der Waals surface area contributed by atoms with Crippen LogP contribution in [0.25, 0.3) is 5.73 Å². The molecule has 0 aromatic carbocycles. The van der Waals surface area contributed by atoms with Gasteiger partial charge in [-0.25, -0.2) is 0 Å². The molecule has 0 rings (SSSR count). The summed E-state index contributed by atoms with van der Waals surface area (Å²) in [5.41, 5.74) is 6.97. The zero-order valence-electron chi connectivity index (χ0n) is 5.84. The number of aliphatic carboxylic acids is 1. The molecule has 2 N–H and O–H groups in total. The summed E-state index contributed by atoms with van der Waals surface area (Å²) in [5.74, 6) is -1.16. The van der Waals surface area contributed by atoms with Crippen LogP contribution in [0.4, 0.5) is 0 Å². The van der Waals surface area contributed by atoms with Gasteiger partial charge in [0, 0.05) is 0 Å². The molecule has 0 spiro atoms. The van der Waals surface area contributed by atoms with E-state index in [1.54, 1.807) is 13.8 Å². The fourth-order valence-corrected chi connectivity index (χ4v) is 0.398. The Morgan fingerprint density at radius 1 is 1.70 bits per heavy atom. The molecule has 0 bridgehead atoms. The van der Waals surface area contributed by atoms with E-state index in [1.165, 1.54) is 0 Å². The van der Waals surface area contributed by atoms with Crippen LogP contribution in [0.3, 0.4) is 0 Å². The van der Waals surface area contributed by atoms with E-state index in [4.69, 9.17) is 23.5 Å². The molecule has 3 nitrogen and oxygen atoms in total. The summed E-state index contributed by atoms with van der Waals surface area (Å²) in [6.07, 6.45) is 0. The van der Waals surface area contributed by atoms with Gasteiger partial charge in [-0.05, 0) is 0 Å². The number of carboxylic acids is 1. The van der Waals surface area contributed by atoms with Crippen LogP contribution in [-0.4, -0.2) is 45.8 Å². The van der Waals surface area contributed by atoms with Crippen LogP contribution in [0.15, 0.2) is 0 Å². The quantitative estimate of drug-likeness (QED) is 0.582. The van der Waals surface area contributed by atoms with Crippen molar-refractivity contribution in [3.05, 3.63) is 5.73 Å². The molecule has 0 saturated carbocycles. The minimum absolute atomic E-state index is 0. The van der Waals surface area contributed by atoms with E-state index in [1.807, 2.05) is 0 Å². The first-order valence-corrected chi connectivity index (χ1v) is 2.91. The molecular weight excluding hydrogens is 257 g/mol. The first-order chi connectivity index (χ1) is 3.85. The maximum absolute atomic E-state index is 10.1. The average molecular weight is 266 g/mol. The van der Waals surface area contributed by atoms with Gasteiger partial charge in [0.1, 0.15) is 0 Å². The summed E-state index contributed by atoms with van der Waals surface area (Å²) in [6, 6.07) is -1.20. The largest absolute Gasteiger partial charge is 2.00 e. The van der Waals surface area contributed by atoms with Crippen molar-refractivity contribution in [1.82, 2.24) is 0 Å². The predicted molar refractivity (Wildman–Crippen MR) is 42.9 cm³/mol. The smallest absolute Gasteiger partial charge is 0.787 e. The molecule has 0 fully saturated rings. The molecule has 5 heteroatoms. The number of carbonyl (C=O) groups is 1. The first kappa shape index (κ1) is 13.2. The summed E-state index contributed by atoms with van der Waals surface area (Å²) < 4.78 is -0.869. The summed E-state index contributed by atoms with van der Waals surface area (Å²) in [5, 5.41) is 8.26. The van der Waals surface area contributed by atoms with Gasteiger partial charge < -0.3 is 23.5 Å². The van der Waals surface area contributed by atoms with Crippen LogP contribution >= 0.6 is 0 Å². The number of carboxylic acid groups (broad SMARTS) is 1. The van der Waals surface area contributed by atoms with E-state index in [9.17, 15) is 4.79 Å². The zero-order chi connectivity index (χ0) is 7.65. The Bertz CT molecular complexity index is 123. The molecule has 0 aliphatic carbocycles. The Hall–Kier alpha value is 0.579. The first-order valence-electron chi connectivity index (χ1n) is 2.50. The molecule has 1 unspecified atom stereocenters. The van der Waals surface area contributed by atoms with Gasteiger partial charge in [-0.3, -0.25) is 4.79 Å². The van der Waals surface area contributed by atoms with E-state index in [-0.39, 0.29) is 23.9 Å².